The highest BCUT2D eigenvalue weighted by Crippen LogP contribution is 2.20. The Hall–Kier alpha value is -1.51. The minimum atomic E-state index is 0.0836. The zero-order valence-electron chi connectivity index (χ0n) is 12.1. The molecule has 18 heavy (non-hydrogen) atoms. The van der Waals surface area contributed by atoms with Crippen LogP contribution in [0.4, 0.5) is 5.69 Å². The van der Waals surface area contributed by atoms with Crippen molar-refractivity contribution in [2.24, 2.45) is 0 Å². The molecule has 1 aromatic carbocycles. The Bertz CT molecular complexity index is 415. The first-order valence-electron chi connectivity index (χ1n) is 6.56. The van der Waals surface area contributed by atoms with Gasteiger partial charge in [0.25, 0.3) is 5.91 Å². The van der Waals surface area contributed by atoms with Gasteiger partial charge in [0.15, 0.2) is 0 Å². The van der Waals surface area contributed by atoms with Crippen LogP contribution in [0.2, 0.25) is 0 Å². The van der Waals surface area contributed by atoms with Crippen molar-refractivity contribution in [1.29, 1.82) is 0 Å². The van der Waals surface area contributed by atoms with E-state index >= 15 is 0 Å². The van der Waals surface area contributed by atoms with Crippen LogP contribution in [0.15, 0.2) is 18.2 Å². The van der Waals surface area contributed by atoms with Crippen molar-refractivity contribution < 1.29 is 4.79 Å². The predicted molar refractivity (Wildman–Crippen MR) is 77.2 cm³/mol. The molecule has 0 spiro atoms. The number of anilines is 1. The van der Waals surface area contributed by atoms with Gasteiger partial charge in [-0.25, -0.2) is 0 Å². The fourth-order valence-corrected chi connectivity index (χ4v) is 2.05. The molecular weight excluding hydrogens is 224 g/mol. The predicted octanol–water partition coefficient (Wildman–Crippen LogP) is 3.30. The largest absolute Gasteiger partial charge is 0.387 e. The molecule has 3 heteroatoms. The normalized spacial score (nSPS) is 12.1. The zero-order chi connectivity index (χ0) is 13.7. The molecule has 0 aliphatic rings. The van der Waals surface area contributed by atoms with Crippen LogP contribution in [0.3, 0.4) is 0 Å². The number of nitrogens with zero attached hydrogens (tertiary/aromatic N) is 1. The Morgan fingerprint density at radius 2 is 2.11 bits per heavy atom. The Kier molecular flexibility index (Phi) is 5.20. The van der Waals surface area contributed by atoms with E-state index in [4.69, 9.17) is 0 Å². The van der Waals surface area contributed by atoms with Gasteiger partial charge in [-0.2, -0.15) is 0 Å². The summed E-state index contributed by atoms with van der Waals surface area (Å²) in [7, 11) is 3.73. The Morgan fingerprint density at radius 1 is 1.44 bits per heavy atom. The number of benzene rings is 1. The molecule has 1 atom stereocenters. The number of hydrogen-bond acceptors (Lipinski definition) is 2. The summed E-state index contributed by atoms with van der Waals surface area (Å²) in [5, 5.41) is 3.10. The molecule has 0 bridgehead atoms. The summed E-state index contributed by atoms with van der Waals surface area (Å²) in [6.07, 6.45) is 2.12. The summed E-state index contributed by atoms with van der Waals surface area (Å²) in [6.45, 7) is 6.26. The van der Waals surface area contributed by atoms with E-state index in [-0.39, 0.29) is 11.9 Å². The SMILES string of the molecule is CCCC(C)N(C)C(=O)c1ccc(C)cc1NC. The second kappa shape index (κ2) is 6.43. The van der Waals surface area contributed by atoms with Gasteiger partial charge in [-0.1, -0.05) is 19.4 Å². The molecule has 1 unspecified atom stereocenters. The van der Waals surface area contributed by atoms with Crippen LogP contribution >= 0.6 is 0 Å². The minimum absolute atomic E-state index is 0.0836. The highest BCUT2D eigenvalue weighted by Gasteiger charge is 2.19. The second-order valence-corrected chi connectivity index (χ2v) is 4.85. The molecule has 0 heterocycles. The number of hydrogen-bond donors (Lipinski definition) is 1. The molecule has 1 amide bonds. The monoisotopic (exact) mass is 248 g/mol. The first-order valence-corrected chi connectivity index (χ1v) is 6.56. The van der Waals surface area contributed by atoms with Crippen LogP contribution in [-0.2, 0) is 0 Å². The third-order valence-electron chi connectivity index (χ3n) is 3.36. The van der Waals surface area contributed by atoms with Crippen LogP contribution in [0.5, 0.6) is 0 Å². The van der Waals surface area contributed by atoms with Crippen molar-refractivity contribution in [1.82, 2.24) is 4.90 Å². The van der Waals surface area contributed by atoms with E-state index in [1.807, 2.05) is 44.1 Å². The lowest BCUT2D eigenvalue weighted by molar-refractivity contribution is 0.0738. The summed E-state index contributed by atoms with van der Waals surface area (Å²) in [5.41, 5.74) is 2.80. The van der Waals surface area contributed by atoms with Gasteiger partial charge >= 0.3 is 0 Å². The van der Waals surface area contributed by atoms with Crippen LogP contribution < -0.4 is 5.32 Å². The van der Waals surface area contributed by atoms with Gasteiger partial charge in [0.1, 0.15) is 0 Å². The molecule has 0 aromatic heterocycles. The van der Waals surface area contributed by atoms with Crippen molar-refractivity contribution in [2.45, 2.75) is 39.7 Å². The number of amides is 1. The minimum Gasteiger partial charge on any atom is -0.387 e. The van der Waals surface area contributed by atoms with Crippen molar-refractivity contribution in [3.05, 3.63) is 29.3 Å². The van der Waals surface area contributed by atoms with Gasteiger partial charge in [0, 0.05) is 25.8 Å². The van der Waals surface area contributed by atoms with E-state index in [2.05, 4.69) is 19.2 Å². The fourth-order valence-electron chi connectivity index (χ4n) is 2.05. The maximum Gasteiger partial charge on any atom is 0.255 e. The molecule has 0 aliphatic carbocycles. The maximum atomic E-state index is 12.4. The van der Waals surface area contributed by atoms with Crippen molar-refractivity contribution in [2.75, 3.05) is 19.4 Å². The fraction of sp³-hybridized carbons (Fsp3) is 0.533. The molecule has 1 rings (SSSR count). The van der Waals surface area contributed by atoms with E-state index in [0.717, 1.165) is 29.7 Å². The second-order valence-electron chi connectivity index (χ2n) is 4.85. The Morgan fingerprint density at radius 3 is 2.67 bits per heavy atom. The van der Waals surface area contributed by atoms with Gasteiger partial charge < -0.3 is 10.2 Å². The quantitative estimate of drug-likeness (QED) is 0.867. The first kappa shape index (κ1) is 14.6. The highest BCUT2D eigenvalue weighted by atomic mass is 16.2. The molecular formula is C15H24N2O. The Balaban J connectivity index is 2.96. The molecule has 1 aromatic rings. The molecule has 3 nitrogen and oxygen atoms in total. The number of aryl methyl sites for hydroxylation is 1. The molecule has 0 radical (unpaired) electrons. The van der Waals surface area contributed by atoms with E-state index in [9.17, 15) is 4.79 Å². The van der Waals surface area contributed by atoms with Gasteiger partial charge in [-0.3, -0.25) is 4.79 Å². The zero-order valence-corrected chi connectivity index (χ0v) is 12.1. The summed E-state index contributed by atoms with van der Waals surface area (Å²) in [6, 6.07) is 6.16. The average molecular weight is 248 g/mol. The van der Waals surface area contributed by atoms with E-state index in [1.165, 1.54) is 0 Å². The lowest BCUT2D eigenvalue weighted by Gasteiger charge is -2.25. The topological polar surface area (TPSA) is 32.3 Å². The van der Waals surface area contributed by atoms with Crippen molar-refractivity contribution in [3.8, 4) is 0 Å². The molecule has 0 saturated carbocycles. The van der Waals surface area contributed by atoms with Crippen LogP contribution in [0.25, 0.3) is 0 Å². The van der Waals surface area contributed by atoms with Crippen molar-refractivity contribution in [3.63, 3.8) is 0 Å². The van der Waals surface area contributed by atoms with Crippen LogP contribution in [0, 0.1) is 6.92 Å². The van der Waals surface area contributed by atoms with Gasteiger partial charge in [0.2, 0.25) is 0 Å². The summed E-state index contributed by atoms with van der Waals surface area (Å²) < 4.78 is 0. The van der Waals surface area contributed by atoms with Gasteiger partial charge in [0.05, 0.1) is 5.56 Å². The molecule has 0 saturated heterocycles. The average Bonchev–Trinajstić information content (AvgIpc) is 2.37. The number of rotatable bonds is 5. The lowest BCUT2D eigenvalue weighted by atomic mass is 10.1. The summed E-state index contributed by atoms with van der Waals surface area (Å²) in [4.78, 5) is 14.3. The van der Waals surface area contributed by atoms with Gasteiger partial charge in [-0.15, -0.1) is 0 Å². The first-order chi connectivity index (χ1) is 8.51. The number of nitrogens with one attached hydrogen (secondary N) is 1. The smallest absolute Gasteiger partial charge is 0.255 e. The maximum absolute atomic E-state index is 12.4. The summed E-state index contributed by atoms with van der Waals surface area (Å²) in [5.74, 6) is 0.0836. The number of carbonyl (C=O) groups excluding carboxylic acids is 1. The molecule has 1 N–H and O–H groups in total. The van der Waals surface area contributed by atoms with E-state index < -0.39 is 0 Å². The molecule has 0 fully saturated rings. The van der Waals surface area contributed by atoms with Crippen LogP contribution in [-0.4, -0.2) is 30.9 Å². The van der Waals surface area contributed by atoms with E-state index in [1.54, 1.807) is 0 Å². The van der Waals surface area contributed by atoms with E-state index in [0.29, 0.717) is 0 Å². The van der Waals surface area contributed by atoms with Crippen molar-refractivity contribution >= 4 is 11.6 Å². The lowest BCUT2D eigenvalue weighted by Crippen LogP contribution is -2.35. The van der Waals surface area contributed by atoms with Crippen LogP contribution in [0.1, 0.15) is 42.6 Å². The summed E-state index contributed by atoms with van der Waals surface area (Å²) >= 11 is 0. The Labute approximate surface area is 110 Å². The third kappa shape index (κ3) is 3.25. The standard InChI is InChI=1S/C15H24N2O/c1-6-7-12(3)17(5)15(18)13-9-8-11(2)10-14(13)16-4/h8-10,12,16H,6-7H2,1-5H3. The third-order valence-corrected chi connectivity index (χ3v) is 3.36. The molecule has 0 aliphatic heterocycles. The highest BCUT2D eigenvalue weighted by molar-refractivity contribution is 5.99. The number of carbonyl (C=O) groups is 1. The van der Waals surface area contributed by atoms with Gasteiger partial charge in [-0.05, 0) is 38.0 Å². The molecule has 100 valence electrons.